The number of piperazine rings is 1. The summed E-state index contributed by atoms with van der Waals surface area (Å²) in [5.41, 5.74) is 0.692. The number of ether oxygens (including phenoxy) is 1. The van der Waals surface area contributed by atoms with Crippen LogP contribution < -0.4 is 4.74 Å². The van der Waals surface area contributed by atoms with Gasteiger partial charge < -0.3 is 9.72 Å². The van der Waals surface area contributed by atoms with E-state index in [9.17, 15) is 18.4 Å². The molecule has 0 spiro atoms. The highest BCUT2D eigenvalue weighted by Crippen LogP contribution is 2.39. The van der Waals surface area contributed by atoms with Crippen molar-refractivity contribution in [2.45, 2.75) is 39.5 Å². The lowest BCUT2D eigenvalue weighted by atomic mass is 10.1. The smallest absolute Gasteiger partial charge is 0.419 e. The van der Waals surface area contributed by atoms with E-state index in [1.807, 2.05) is 6.07 Å². The number of benzene rings is 1. The zero-order valence-corrected chi connectivity index (χ0v) is 19.4. The Bertz CT molecular complexity index is 1210. The molecular formula is C24H27F3N6O. The normalized spacial score (nSPS) is 15.7. The third kappa shape index (κ3) is 5.00. The third-order valence-corrected chi connectivity index (χ3v) is 6.02. The van der Waals surface area contributed by atoms with E-state index < -0.39 is 11.7 Å². The molecule has 1 aliphatic heterocycles. The van der Waals surface area contributed by atoms with Crippen LogP contribution in [0.15, 0.2) is 24.3 Å². The van der Waals surface area contributed by atoms with Crippen molar-refractivity contribution in [3.63, 3.8) is 0 Å². The van der Waals surface area contributed by atoms with Crippen molar-refractivity contribution in [2.24, 2.45) is 0 Å². The van der Waals surface area contributed by atoms with Crippen molar-refractivity contribution in [3.8, 4) is 23.1 Å². The zero-order valence-electron chi connectivity index (χ0n) is 19.4. The number of imidazole rings is 1. The fraction of sp³-hybridized carbons (Fsp3) is 0.458. The Morgan fingerprint density at radius 1 is 1.15 bits per heavy atom. The lowest BCUT2D eigenvalue weighted by Crippen LogP contribution is -2.48. The molecule has 0 saturated carbocycles. The minimum absolute atomic E-state index is 0.0714. The average molecular weight is 473 g/mol. The number of fused-ring (bicyclic) bond motifs is 1. The molecule has 1 aromatic carbocycles. The van der Waals surface area contributed by atoms with E-state index in [1.54, 1.807) is 13.0 Å². The van der Waals surface area contributed by atoms with Crippen LogP contribution in [-0.2, 0) is 12.7 Å². The SMILES string of the molecule is CCOc1ccc(-c2cc3[nH]c(CN4CCN(C(C)C)CC4)nc3c(C#N)n2)cc1C(F)(F)F. The molecule has 4 rings (SSSR count). The maximum absolute atomic E-state index is 13.6. The summed E-state index contributed by atoms with van der Waals surface area (Å²) in [5, 5.41) is 9.63. The van der Waals surface area contributed by atoms with Gasteiger partial charge in [-0.25, -0.2) is 9.97 Å². The summed E-state index contributed by atoms with van der Waals surface area (Å²) in [5.74, 6) is 0.466. The van der Waals surface area contributed by atoms with E-state index in [0.717, 1.165) is 32.2 Å². The second-order valence-corrected chi connectivity index (χ2v) is 8.60. The zero-order chi connectivity index (χ0) is 24.5. The van der Waals surface area contributed by atoms with Gasteiger partial charge >= 0.3 is 6.18 Å². The molecule has 3 heterocycles. The molecule has 0 bridgehead atoms. The summed E-state index contributed by atoms with van der Waals surface area (Å²) in [6.07, 6.45) is -4.58. The number of nitrogens with one attached hydrogen (secondary N) is 1. The fourth-order valence-electron chi connectivity index (χ4n) is 4.21. The molecule has 10 heteroatoms. The first-order chi connectivity index (χ1) is 16.2. The maximum Gasteiger partial charge on any atom is 0.419 e. The highest BCUT2D eigenvalue weighted by atomic mass is 19.4. The molecule has 7 nitrogen and oxygen atoms in total. The summed E-state index contributed by atoms with van der Waals surface area (Å²) in [6, 6.07) is 7.99. The molecule has 0 amide bonds. The number of rotatable bonds is 6. The van der Waals surface area contributed by atoms with Crippen LogP contribution in [0.2, 0.25) is 0 Å². The van der Waals surface area contributed by atoms with E-state index in [0.29, 0.717) is 29.4 Å². The van der Waals surface area contributed by atoms with Crippen molar-refractivity contribution in [1.29, 1.82) is 5.26 Å². The fourth-order valence-corrected chi connectivity index (χ4v) is 4.21. The van der Waals surface area contributed by atoms with Gasteiger partial charge in [0.1, 0.15) is 23.2 Å². The second-order valence-electron chi connectivity index (χ2n) is 8.60. The predicted molar refractivity (Wildman–Crippen MR) is 122 cm³/mol. The molecule has 1 fully saturated rings. The van der Waals surface area contributed by atoms with E-state index >= 15 is 0 Å². The van der Waals surface area contributed by atoms with Crippen molar-refractivity contribution in [1.82, 2.24) is 24.8 Å². The standard InChI is InChI=1S/C24H27F3N6O/c1-4-34-21-6-5-16(11-17(21)24(25,26)27)18-12-19-23(20(13-28)29-18)31-22(30-19)14-32-7-9-33(10-8-32)15(2)3/h5-6,11-12,15H,4,7-10,14H2,1-3H3,(H,30,31). The highest BCUT2D eigenvalue weighted by molar-refractivity contribution is 5.84. The van der Waals surface area contributed by atoms with Gasteiger partial charge in [-0.05, 0) is 45.0 Å². The largest absolute Gasteiger partial charge is 0.493 e. The molecule has 34 heavy (non-hydrogen) atoms. The maximum atomic E-state index is 13.6. The molecular weight excluding hydrogens is 445 g/mol. The second kappa shape index (κ2) is 9.60. The number of hydrogen-bond donors (Lipinski definition) is 1. The van der Waals surface area contributed by atoms with Crippen LogP contribution >= 0.6 is 0 Å². The number of pyridine rings is 1. The summed E-state index contributed by atoms with van der Waals surface area (Å²) in [4.78, 5) is 16.8. The number of nitrogens with zero attached hydrogens (tertiary/aromatic N) is 5. The van der Waals surface area contributed by atoms with E-state index in [4.69, 9.17) is 4.74 Å². The Morgan fingerprint density at radius 2 is 1.88 bits per heavy atom. The van der Waals surface area contributed by atoms with Gasteiger partial charge in [0.05, 0.1) is 29.9 Å². The lowest BCUT2D eigenvalue weighted by molar-refractivity contribution is -0.138. The number of H-pyrrole nitrogens is 1. The van der Waals surface area contributed by atoms with E-state index in [1.165, 1.54) is 12.1 Å². The Morgan fingerprint density at radius 3 is 2.50 bits per heavy atom. The van der Waals surface area contributed by atoms with Gasteiger partial charge in [-0.3, -0.25) is 9.80 Å². The molecule has 0 atom stereocenters. The molecule has 1 N–H and O–H groups in total. The lowest BCUT2D eigenvalue weighted by Gasteiger charge is -2.36. The first-order valence-corrected chi connectivity index (χ1v) is 11.3. The summed E-state index contributed by atoms with van der Waals surface area (Å²) in [7, 11) is 0. The van der Waals surface area contributed by atoms with Crippen molar-refractivity contribution in [2.75, 3.05) is 32.8 Å². The molecule has 0 unspecified atom stereocenters. The molecule has 0 radical (unpaired) electrons. The van der Waals surface area contributed by atoms with Gasteiger partial charge in [0.25, 0.3) is 0 Å². The molecule has 1 aliphatic rings. The van der Waals surface area contributed by atoms with Crippen molar-refractivity contribution >= 4 is 11.0 Å². The molecule has 1 saturated heterocycles. The average Bonchev–Trinajstić information content (AvgIpc) is 3.21. The number of aromatic amines is 1. The number of alkyl halides is 3. The third-order valence-electron chi connectivity index (χ3n) is 6.02. The quantitative estimate of drug-likeness (QED) is 0.571. The van der Waals surface area contributed by atoms with Crippen LogP contribution in [0.1, 0.15) is 37.9 Å². The van der Waals surface area contributed by atoms with Gasteiger partial charge in [0, 0.05) is 37.8 Å². The predicted octanol–water partition coefficient (Wildman–Crippen LogP) is 4.44. The summed E-state index contributed by atoms with van der Waals surface area (Å²) >= 11 is 0. The van der Waals surface area contributed by atoms with Crippen LogP contribution in [0, 0.1) is 11.3 Å². The Labute approximate surface area is 196 Å². The van der Waals surface area contributed by atoms with Crippen LogP contribution in [0.5, 0.6) is 5.75 Å². The number of aromatic nitrogens is 3. The van der Waals surface area contributed by atoms with Gasteiger partial charge in [-0.15, -0.1) is 0 Å². The summed E-state index contributed by atoms with van der Waals surface area (Å²) in [6.45, 7) is 10.5. The van der Waals surface area contributed by atoms with Crippen LogP contribution in [-0.4, -0.2) is 63.6 Å². The van der Waals surface area contributed by atoms with Crippen LogP contribution in [0.25, 0.3) is 22.3 Å². The minimum Gasteiger partial charge on any atom is -0.493 e. The number of halogens is 3. The topological polar surface area (TPSA) is 81.1 Å². The highest BCUT2D eigenvalue weighted by Gasteiger charge is 2.35. The number of hydrogen-bond acceptors (Lipinski definition) is 6. The summed E-state index contributed by atoms with van der Waals surface area (Å²) < 4.78 is 45.9. The van der Waals surface area contributed by atoms with Crippen molar-refractivity contribution in [3.05, 3.63) is 41.3 Å². The molecule has 2 aromatic heterocycles. The van der Waals surface area contributed by atoms with Crippen molar-refractivity contribution < 1.29 is 17.9 Å². The monoisotopic (exact) mass is 472 g/mol. The number of nitriles is 1. The minimum atomic E-state index is -4.58. The van der Waals surface area contributed by atoms with Gasteiger partial charge in [0.15, 0.2) is 5.69 Å². The Hall–Kier alpha value is -3.16. The first-order valence-electron chi connectivity index (χ1n) is 11.3. The van der Waals surface area contributed by atoms with Gasteiger partial charge in [-0.1, -0.05) is 0 Å². The Balaban J connectivity index is 1.64. The molecule has 180 valence electrons. The van der Waals surface area contributed by atoms with Gasteiger partial charge in [-0.2, -0.15) is 18.4 Å². The van der Waals surface area contributed by atoms with Crippen LogP contribution in [0.3, 0.4) is 0 Å². The first kappa shape index (κ1) is 24.0. The molecule has 3 aromatic rings. The Kier molecular flexibility index (Phi) is 6.77. The van der Waals surface area contributed by atoms with E-state index in [2.05, 4.69) is 38.6 Å². The van der Waals surface area contributed by atoms with Crippen LogP contribution in [0.4, 0.5) is 13.2 Å². The molecule has 0 aliphatic carbocycles. The van der Waals surface area contributed by atoms with E-state index in [-0.39, 0.29) is 29.3 Å². The van der Waals surface area contributed by atoms with Gasteiger partial charge in [0.2, 0.25) is 0 Å².